The zero-order valence-corrected chi connectivity index (χ0v) is 13.2. The molecule has 19 heavy (non-hydrogen) atoms. The average molecular weight is 271 g/mol. The lowest BCUT2D eigenvalue weighted by Crippen LogP contribution is -2.51. The van der Waals surface area contributed by atoms with E-state index >= 15 is 0 Å². The number of amides is 1. The van der Waals surface area contributed by atoms with Gasteiger partial charge < -0.3 is 14.7 Å². The number of carbonyl (C=O) groups excluding carboxylic acids is 1. The Morgan fingerprint density at radius 1 is 1.26 bits per heavy atom. The van der Waals surface area contributed by atoms with Crippen molar-refractivity contribution in [1.29, 1.82) is 0 Å². The number of aliphatic hydroxyl groups excluding tert-OH is 1. The van der Waals surface area contributed by atoms with E-state index in [1.807, 2.05) is 20.8 Å². The van der Waals surface area contributed by atoms with Gasteiger partial charge in [-0.05, 0) is 44.9 Å². The molecule has 0 spiro atoms. The van der Waals surface area contributed by atoms with E-state index in [0.717, 1.165) is 12.8 Å². The smallest absolute Gasteiger partial charge is 0.410 e. The first-order valence-corrected chi connectivity index (χ1v) is 7.15. The third-order valence-electron chi connectivity index (χ3n) is 3.78. The number of likely N-dealkylation sites (tertiary alicyclic amines) is 1. The van der Waals surface area contributed by atoms with Crippen LogP contribution in [0.1, 0.15) is 54.4 Å². The second kappa shape index (κ2) is 5.70. The summed E-state index contributed by atoms with van der Waals surface area (Å²) in [6, 6.07) is -0.118. The number of nitrogens with zero attached hydrogens (tertiary/aromatic N) is 1. The largest absolute Gasteiger partial charge is 0.444 e. The van der Waals surface area contributed by atoms with Gasteiger partial charge in [-0.1, -0.05) is 20.8 Å². The quantitative estimate of drug-likeness (QED) is 0.797. The molecule has 0 aromatic heterocycles. The molecule has 1 heterocycles. The number of hydrogen-bond acceptors (Lipinski definition) is 3. The molecule has 1 saturated heterocycles. The molecule has 1 rings (SSSR count). The second-order valence-corrected chi connectivity index (χ2v) is 7.60. The highest BCUT2D eigenvalue weighted by atomic mass is 16.6. The lowest BCUT2D eigenvalue weighted by atomic mass is 9.73. The zero-order valence-electron chi connectivity index (χ0n) is 13.2. The van der Waals surface area contributed by atoms with Crippen LogP contribution in [0.25, 0.3) is 0 Å². The lowest BCUT2D eigenvalue weighted by molar-refractivity contribution is -0.0143. The van der Waals surface area contributed by atoms with Gasteiger partial charge in [0.25, 0.3) is 0 Å². The Hall–Kier alpha value is -0.770. The molecule has 0 radical (unpaired) electrons. The van der Waals surface area contributed by atoms with E-state index < -0.39 is 5.60 Å². The van der Waals surface area contributed by atoms with Crippen LogP contribution in [0.5, 0.6) is 0 Å². The van der Waals surface area contributed by atoms with Crippen molar-refractivity contribution in [3.05, 3.63) is 0 Å². The van der Waals surface area contributed by atoms with Crippen LogP contribution in [0.2, 0.25) is 0 Å². The number of rotatable bonds is 1. The van der Waals surface area contributed by atoms with E-state index in [4.69, 9.17) is 4.74 Å². The Balaban J connectivity index is 2.70. The second-order valence-electron chi connectivity index (χ2n) is 7.60. The Labute approximate surface area is 117 Å². The van der Waals surface area contributed by atoms with Gasteiger partial charge in [-0.15, -0.1) is 0 Å². The number of hydrogen-bond donors (Lipinski definition) is 1. The van der Waals surface area contributed by atoms with Crippen molar-refractivity contribution in [3.63, 3.8) is 0 Å². The fourth-order valence-electron chi connectivity index (χ4n) is 2.57. The fraction of sp³-hybridized carbons (Fsp3) is 0.933. The van der Waals surface area contributed by atoms with Crippen LogP contribution >= 0.6 is 0 Å². The van der Waals surface area contributed by atoms with E-state index in [1.54, 1.807) is 4.90 Å². The highest BCUT2D eigenvalue weighted by Gasteiger charge is 2.37. The van der Waals surface area contributed by atoms with E-state index in [1.165, 1.54) is 0 Å². The maximum absolute atomic E-state index is 12.1. The van der Waals surface area contributed by atoms with Crippen LogP contribution in [-0.4, -0.2) is 40.9 Å². The Morgan fingerprint density at radius 3 is 2.26 bits per heavy atom. The molecule has 0 unspecified atom stereocenters. The molecule has 1 amide bonds. The molecular weight excluding hydrogens is 242 g/mol. The molecule has 4 heteroatoms. The molecule has 1 aliphatic heterocycles. The van der Waals surface area contributed by atoms with Crippen LogP contribution in [0.15, 0.2) is 0 Å². The van der Waals surface area contributed by atoms with Gasteiger partial charge in [0.05, 0.1) is 12.6 Å². The molecule has 0 bridgehead atoms. The van der Waals surface area contributed by atoms with Crippen molar-refractivity contribution in [2.75, 3.05) is 13.2 Å². The van der Waals surface area contributed by atoms with E-state index in [2.05, 4.69) is 20.8 Å². The summed E-state index contributed by atoms with van der Waals surface area (Å²) in [5.74, 6) is 0.531. The maximum Gasteiger partial charge on any atom is 0.410 e. The summed E-state index contributed by atoms with van der Waals surface area (Å²) in [7, 11) is 0. The minimum Gasteiger partial charge on any atom is -0.444 e. The minimum absolute atomic E-state index is 0.00578. The molecule has 0 aliphatic carbocycles. The normalized spacial score (nSPS) is 25.3. The summed E-state index contributed by atoms with van der Waals surface area (Å²) >= 11 is 0. The molecule has 1 aliphatic rings. The summed E-state index contributed by atoms with van der Waals surface area (Å²) in [6.45, 7) is 12.9. The molecule has 112 valence electrons. The van der Waals surface area contributed by atoms with Gasteiger partial charge in [0.1, 0.15) is 5.60 Å². The Kier molecular flexibility index (Phi) is 4.88. The fourth-order valence-corrected chi connectivity index (χ4v) is 2.57. The first kappa shape index (κ1) is 16.3. The van der Waals surface area contributed by atoms with Gasteiger partial charge in [-0.2, -0.15) is 0 Å². The van der Waals surface area contributed by atoms with Crippen molar-refractivity contribution < 1.29 is 14.6 Å². The topological polar surface area (TPSA) is 49.8 Å². The van der Waals surface area contributed by atoms with Crippen molar-refractivity contribution in [1.82, 2.24) is 4.90 Å². The van der Waals surface area contributed by atoms with Crippen LogP contribution in [0.3, 0.4) is 0 Å². The summed E-state index contributed by atoms with van der Waals surface area (Å²) < 4.78 is 5.41. The van der Waals surface area contributed by atoms with Crippen molar-refractivity contribution in [3.8, 4) is 0 Å². The number of carbonyl (C=O) groups is 1. The molecule has 0 saturated carbocycles. The maximum atomic E-state index is 12.1. The van der Waals surface area contributed by atoms with Gasteiger partial charge in [-0.25, -0.2) is 4.79 Å². The minimum atomic E-state index is -0.488. The van der Waals surface area contributed by atoms with Gasteiger partial charge >= 0.3 is 6.09 Å². The van der Waals surface area contributed by atoms with Crippen LogP contribution in [-0.2, 0) is 4.74 Å². The highest BCUT2D eigenvalue weighted by Crippen LogP contribution is 2.37. The zero-order chi connectivity index (χ0) is 14.8. The number of ether oxygens (including phenoxy) is 1. The van der Waals surface area contributed by atoms with E-state index in [-0.39, 0.29) is 24.2 Å². The summed E-state index contributed by atoms with van der Waals surface area (Å²) in [4.78, 5) is 13.8. The molecule has 0 aromatic carbocycles. The van der Waals surface area contributed by atoms with Crippen LogP contribution in [0, 0.1) is 11.3 Å². The van der Waals surface area contributed by atoms with E-state index in [0.29, 0.717) is 12.5 Å². The Morgan fingerprint density at radius 2 is 1.84 bits per heavy atom. The molecule has 2 atom stereocenters. The first-order chi connectivity index (χ1) is 8.54. The van der Waals surface area contributed by atoms with Gasteiger partial charge in [0, 0.05) is 6.54 Å². The lowest BCUT2D eigenvalue weighted by Gasteiger charge is -2.43. The van der Waals surface area contributed by atoms with E-state index in [9.17, 15) is 9.90 Å². The van der Waals surface area contributed by atoms with Crippen LogP contribution in [0.4, 0.5) is 4.79 Å². The average Bonchev–Trinajstić information content (AvgIpc) is 2.24. The number of aliphatic hydroxyl groups is 1. The Bertz CT molecular complexity index is 314. The van der Waals surface area contributed by atoms with Crippen molar-refractivity contribution >= 4 is 6.09 Å². The summed E-state index contributed by atoms with van der Waals surface area (Å²) in [6.07, 6.45) is 1.51. The molecule has 4 nitrogen and oxygen atoms in total. The number of piperidine rings is 1. The summed E-state index contributed by atoms with van der Waals surface area (Å²) in [5, 5.41) is 9.54. The monoisotopic (exact) mass is 271 g/mol. The summed E-state index contributed by atoms with van der Waals surface area (Å²) in [5.41, 5.74) is -0.272. The molecule has 0 aromatic rings. The molecule has 1 N–H and O–H groups in total. The standard InChI is InChI=1S/C15H29NO3/c1-14(2,3)11-7-8-16(12(9-11)10-17)13(18)19-15(4,5)6/h11-12,17H,7-10H2,1-6H3/t11-,12+/m1/s1. The SMILES string of the molecule is CC(C)(C)OC(=O)N1CC[C@@H](C(C)(C)C)C[C@H]1CO. The van der Waals surface area contributed by atoms with Crippen LogP contribution < -0.4 is 0 Å². The predicted octanol–water partition coefficient (Wildman–Crippen LogP) is 3.04. The third kappa shape index (κ3) is 4.68. The van der Waals surface area contributed by atoms with Crippen molar-refractivity contribution in [2.45, 2.75) is 66.0 Å². The first-order valence-electron chi connectivity index (χ1n) is 7.15. The third-order valence-corrected chi connectivity index (χ3v) is 3.78. The molecular formula is C15H29NO3. The van der Waals surface area contributed by atoms with Gasteiger partial charge in [0.2, 0.25) is 0 Å². The molecule has 1 fully saturated rings. The predicted molar refractivity (Wildman–Crippen MR) is 76.0 cm³/mol. The van der Waals surface area contributed by atoms with Gasteiger partial charge in [0.15, 0.2) is 0 Å². The van der Waals surface area contributed by atoms with Gasteiger partial charge in [-0.3, -0.25) is 0 Å². The highest BCUT2D eigenvalue weighted by molar-refractivity contribution is 5.68. The van der Waals surface area contributed by atoms with Crippen molar-refractivity contribution in [2.24, 2.45) is 11.3 Å².